The van der Waals surface area contributed by atoms with Gasteiger partial charge in [-0.05, 0) is 12.1 Å². The molecule has 2 aromatic rings. The number of rotatable bonds is 3. The standard InChI is InChI=1S/C10H8ClN3O2/c1-16-10-13-12-9(6-15)14(10)8-5-3-2-4-7(8)11/h2-6H,1H3. The molecule has 1 aromatic heterocycles. The molecule has 2 rings (SSSR count). The van der Waals surface area contributed by atoms with Crippen LogP contribution in [0.1, 0.15) is 10.6 Å². The van der Waals surface area contributed by atoms with E-state index in [1.807, 2.05) is 0 Å². The molecule has 1 aromatic carbocycles. The van der Waals surface area contributed by atoms with Crippen molar-refractivity contribution in [1.29, 1.82) is 0 Å². The molecule has 0 saturated heterocycles. The van der Waals surface area contributed by atoms with Crippen molar-refractivity contribution in [2.75, 3.05) is 7.11 Å². The maximum absolute atomic E-state index is 10.8. The Bertz CT molecular complexity index is 525. The minimum absolute atomic E-state index is 0.143. The largest absolute Gasteiger partial charge is 0.467 e. The summed E-state index contributed by atoms with van der Waals surface area (Å²) >= 11 is 6.03. The fraction of sp³-hybridized carbons (Fsp3) is 0.100. The molecule has 0 bridgehead atoms. The minimum atomic E-state index is 0.143. The zero-order valence-electron chi connectivity index (χ0n) is 8.42. The first-order valence-corrected chi connectivity index (χ1v) is 4.85. The number of aldehydes is 1. The molecule has 0 N–H and O–H groups in total. The molecule has 82 valence electrons. The quantitative estimate of drug-likeness (QED) is 0.763. The van der Waals surface area contributed by atoms with Gasteiger partial charge in [-0.15, -0.1) is 5.10 Å². The van der Waals surface area contributed by atoms with Gasteiger partial charge in [0.2, 0.25) is 5.82 Å². The smallest absolute Gasteiger partial charge is 0.321 e. The van der Waals surface area contributed by atoms with Crippen LogP contribution < -0.4 is 4.74 Å². The number of hydrogen-bond donors (Lipinski definition) is 0. The van der Waals surface area contributed by atoms with E-state index in [1.54, 1.807) is 24.3 Å². The lowest BCUT2D eigenvalue weighted by atomic mass is 10.3. The molecular formula is C10H8ClN3O2. The molecule has 6 heteroatoms. The first kappa shape index (κ1) is 10.6. The molecule has 0 atom stereocenters. The van der Waals surface area contributed by atoms with Gasteiger partial charge in [-0.2, -0.15) is 0 Å². The molecule has 0 aliphatic carbocycles. The van der Waals surface area contributed by atoms with E-state index in [0.717, 1.165) is 0 Å². The van der Waals surface area contributed by atoms with Crippen LogP contribution in [0.25, 0.3) is 5.69 Å². The van der Waals surface area contributed by atoms with Crippen LogP contribution in [0, 0.1) is 0 Å². The topological polar surface area (TPSA) is 57.0 Å². The summed E-state index contributed by atoms with van der Waals surface area (Å²) in [5.74, 6) is 0.143. The molecule has 0 aliphatic heterocycles. The molecule has 1 heterocycles. The van der Waals surface area contributed by atoms with Crippen LogP contribution in [0.2, 0.25) is 5.02 Å². The molecule has 0 aliphatic rings. The van der Waals surface area contributed by atoms with E-state index in [2.05, 4.69) is 10.2 Å². The maximum atomic E-state index is 10.8. The number of carbonyl (C=O) groups excluding carboxylic acids is 1. The van der Waals surface area contributed by atoms with E-state index < -0.39 is 0 Å². The monoisotopic (exact) mass is 237 g/mol. The number of aromatic nitrogens is 3. The third kappa shape index (κ3) is 1.65. The molecule has 0 radical (unpaired) electrons. The Labute approximate surface area is 96.6 Å². The van der Waals surface area contributed by atoms with Crippen molar-refractivity contribution >= 4 is 17.9 Å². The van der Waals surface area contributed by atoms with E-state index in [1.165, 1.54) is 11.7 Å². The second-order valence-electron chi connectivity index (χ2n) is 2.95. The second kappa shape index (κ2) is 4.32. The normalized spacial score (nSPS) is 10.1. The maximum Gasteiger partial charge on any atom is 0.321 e. The molecule has 0 fully saturated rings. The third-order valence-electron chi connectivity index (χ3n) is 2.04. The molecule has 16 heavy (non-hydrogen) atoms. The summed E-state index contributed by atoms with van der Waals surface area (Å²) in [6.07, 6.45) is 0.596. The highest BCUT2D eigenvalue weighted by Gasteiger charge is 2.15. The summed E-state index contributed by atoms with van der Waals surface area (Å²) in [4.78, 5) is 10.8. The fourth-order valence-corrected chi connectivity index (χ4v) is 1.57. The van der Waals surface area contributed by atoms with Gasteiger partial charge in [0.25, 0.3) is 0 Å². The van der Waals surface area contributed by atoms with E-state index in [0.29, 0.717) is 17.0 Å². The highest BCUT2D eigenvalue weighted by atomic mass is 35.5. The first-order valence-electron chi connectivity index (χ1n) is 4.47. The average Bonchev–Trinajstić information content (AvgIpc) is 2.72. The predicted molar refractivity (Wildman–Crippen MR) is 58.3 cm³/mol. The Kier molecular flexibility index (Phi) is 2.87. The van der Waals surface area contributed by atoms with Gasteiger partial charge in [-0.3, -0.25) is 4.79 Å². The molecule has 0 saturated carbocycles. The molecule has 0 unspecified atom stereocenters. The van der Waals surface area contributed by atoms with Crippen LogP contribution in [0.4, 0.5) is 0 Å². The molecule has 5 nitrogen and oxygen atoms in total. The van der Waals surface area contributed by atoms with Gasteiger partial charge in [-0.1, -0.05) is 28.8 Å². The number of halogens is 1. The van der Waals surface area contributed by atoms with Crippen LogP contribution in [-0.2, 0) is 0 Å². The van der Waals surface area contributed by atoms with Crippen LogP contribution in [0.5, 0.6) is 6.01 Å². The van der Waals surface area contributed by atoms with E-state index in [-0.39, 0.29) is 11.8 Å². The van der Waals surface area contributed by atoms with Crippen LogP contribution in [0.3, 0.4) is 0 Å². The van der Waals surface area contributed by atoms with E-state index in [4.69, 9.17) is 16.3 Å². The number of ether oxygens (including phenoxy) is 1. The summed E-state index contributed by atoms with van der Waals surface area (Å²) in [6.45, 7) is 0. The summed E-state index contributed by atoms with van der Waals surface area (Å²) in [5, 5.41) is 7.90. The van der Waals surface area contributed by atoms with Crippen molar-refractivity contribution in [3.05, 3.63) is 35.1 Å². The Morgan fingerprint density at radius 1 is 1.38 bits per heavy atom. The van der Waals surface area contributed by atoms with E-state index in [9.17, 15) is 4.79 Å². The summed E-state index contributed by atoms with van der Waals surface area (Å²) < 4.78 is 6.46. The Morgan fingerprint density at radius 3 is 2.75 bits per heavy atom. The number of benzene rings is 1. The number of methoxy groups -OCH3 is 1. The van der Waals surface area contributed by atoms with E-state index >= 15 is 0 Å². The highest BCUT2D eigenvalue weighted by molar-refractivity contribution is 6.32. The summed E-state index contributed by atoms with van der Waals surface area (Å²) in [5.41, 5.74) is 0.605. The average molecular weight is 238 g/mol. The Hall–Kier alpha value is -1.88. The second-order valence-corrected chi connectivity index (χ2v) is 3.36. The molecule has 0 amide bonds. The Morgan fingerprint density at radius 2 is 2.12 bits per heavy atom. The van der Waals surface area contributed by atoms with Crippen molar-refractivity contribution in [1.82, 2.24) is 14.8 Å². The lowest BCUT2D eigenvalue weighted by Crippen LogP contribution is -2.03. The SMILES string of the molecule is COc1nnc(C=O)n1-c1ccccc1Cl. The van der Waals surface area contributed by atoms with Gasteiger partial charge in [0.1, 0.15) is 0 Å². The van der Waals surface area contributed by atoms with Gasteiger partial charge < -0.3 is 4.74 Å². The molecular weight excluding hydrogens is 230 g/mol. The van der Waals surface area contributed by atoms with Crippen LogP contribution >= 0.6 is 11.6 Å². The van der Waals surface area contributed by atoms with Crippen molar-refractivity contribution in [2.24, 2.45) is 0 Å². The zero-order valence-corrected chi connectivity index (χ0v) is 9.18. The van der Waals surface area contributed by atoms with Gasteiger partial charge in [0, 0.05) is 0 Å². The first-order chi connectivity index (χ1) is 7.77. The van der Waals surface area contributed by atoms with Crippen molar-refractivity contribution in [2.45, 2.75) is 0 Å². The number of para-hydroxylation sites is 1. The van der Waals surface area contributed by atoms with Gasteiger partial charge in [-0.25, -0.2) is 4.57 Å². The van der Waals surface area contributed by atoms with Crippen LogP contribution in [-0.4, -0.2) is 28.2 Å². The number of nitrogens with zero attached hydrogens (tertiary/aromatic N) is 3. The third-order valence-corrected chi connectivity index (χ3v) is 2.36. The minimum Gasteiger partial charge on any atom is -0.467 e. The number of hydrogen-bond acceptors (Lipinski definition) is 4. The summed E-state index contributed by atoms with van der Waals surface area (Å²) in [7, 11) is 1.45. The predicted octanol–water partition coefficient (Wildman–Crippen LogP) is 1.74. The number of carbonyl (C=O) groups is 1. The zero-order chi connectivity index (χ0) is 11.5. The van der Waals surface area contributed by atoms with Crippen molar-refractivity contribution in [3.8, 4) is 11.7 Å². The van der Waals surface area contributed by atoms with Gasteiger partial charge >= 0.3 is 6.01 Å². The lowest BCUT2D eigenvalue weighted by Gasteiger charge is -2.07. The fourth-order valence-electron chi connectivity index (χ4n) is 1.35. The van der Waals surface area contributed by atoms with Crippen LogP contribution in [0.15, 0.2) is 24.3 Å². The van der Waals surface area contributed by atoms with Crippen molar-refractivity contribution < 1.29 is 9.53 Å². The summed E-state index contributed by atoms with van der Waals surface area (Å²) in [6, 6.07) is 7.28. The van der Waals surface area contributed by atoms with Gasteiger partial charge in [0.05, 0.1) is 17.8 Å². The van der Waals surface area contributed by atoms with Gasteiger partial charge in [0.15, 0.2) is 6.29 Å². The van der Waals surface area contributed by atoms with Crippen molar-refractivity contribution in [3.63, 3.8) is 0 Å². The molecule has 0 spiro atoms. The highest BCUT2D eigenvalue weighted by Crippen LogP contribution is 2.24. The Balaban J connectivity index is 2.67. The lowest BCUT2D eigenvalue weighted by molar-refractivity contribution is 0.111.